The van der Waals surface area contributed by atoms with E-state index in [-0.39, 0.29) is 23.5 Å². The highest BCUT2D eigenvalue weighted by atomic mass is 32.2. The monoisotopic (exact) mass is 361 g/mol. The van der Waals surface area contributed by atoms with Crippen molar-refractivity contribution >= 4 is 27.2 Å². The van der Waals surface area contributed by atoms with Crippen LogP contribution in [0.5, 0.6) is 5.75 Å². The summed E-state index contributed by atoms with van der Waals surface area (Å²) in [5.41, 5.74) is 1.09. The number of aromatic nitrogens is 1. The van der Waals surface area contributed by atoms with Crippen LogP contribution < -0.4 is 15.4 Å². The molecule has 25 heavy (non-hydrogen) atoms. The predicted molar refractivity (Wildman–Crippen MR) is 95.9 cm³/mol. The molecule has 1 atom stereocenters. The Kier molecular flexibility index (Phi) is 4.89. The number of carbonyl (C=O) groups excluding carboxylic acids is 1. The zero-order valence-electron chi connectivity index (χ0n) is 13.7. The highest BCUT2D eigenvalue weighted by molar-refractivity contribution is 7.91. The lowest BCUT2D eigenvalue weighted by molar-refractivity contribution is 0.102. The van der Waals surface area contributed by atoms with Crippen molar-refractivity contribution < 1.29 is 17.9 Å². The van der Waals surface area contributed by atoms with E-state index in [0.717, 1.165) is 0 Å². The van der Waals surface area contributed by atoms with Crippen molar-refractivity contribution in [3.63, 3.8) is 0 Å². The summed E-state index contributed by atoms with van der Waals surface area (Å²) in [4.78, 5) is 16.5. The smallest absolute Gasteiger partial charge is 0.255 e. The summed E-state index contributed by atoms with van der Waals surface area (Å²) in [5.74, 6) is 1.21. The predicted octanol–water partition coefficient (Wildman–Crippen LogP) is 1.94. The maximum absolute atomic E-state index is 12.4. The molecule has 8 heteroatoms. The minimum absolute atomic E-state index is 0.0942. The second kappa shape index (κ2) is 7.10. The molecule has 1 amide bonds. The van der Waals surface area contributed by atoms with Gasteiger partial charge in [0.05, 0.1) is 18.6 Å². The number of hydrogen-bond acceptors (Lipinski definition) is 6. The van der Waals surface area contributed by atoms with Gasteiger partial charge in [0.2, 0.25) is 0 Å². The van der Waals surface area contributed by atoms with Gasteiger partial charge in [0.15, 0.2) is 9.84 Å². The van der Waals surface area contributed by atoms with Crippen molar-refractivity contribution in [2.75, 3.05) is 29.2 Å². The maximum Gasteiger partial charge on any atom is 0.255 e. The van der Waals surface area contributed by atoms with Gasteiger partial charge in [-0.25, -0.2) is 13.4 Å². The first-order valence-corrected chi connectivity index (χ1v) is 9.66. The van der Waals surface area contributed by atoms with Gasteiger partial charge in [-0.15, -0.1) is 0 Å². The van der Waals surface area contributed by atoms with E-state index >= 15 is 0 Å². The van der Waals surface area contributed by atoms with E-state index in [1.807, 2.05) is 0 Å². The fourth-order valence-corrected chi connectivity index (χ4v) is 4.32. The van der Waals surface area contributed by atoms with Crippen LogP contribution in [0.1, 0.15) is 16.8 Å². The average molecular weight is 361 g/mol. The van der Waals surface area contributed by atoms with Crippen LogP contribution in [0.3, 0.4) is 0 Å². The summed E-state index contributed by atoms with van der Waals surface area (Å²) < 4.78 is 28.1. The number of hydrogen-bond donors (Lipinski definition) is 2. The molecule has 0 aliphatic carbocycles. The Bertz CT molecular complexity index is 866. The van der Waals surface area contributed by atoms with Gasteiger partial charge in [0.1, 0.15) is 11.6 Å². The molecule has 0 bridgehead atoms. The Balaban J connectivity index is 1.66. The van der Waals surface area contributed by atoms with Gasteiger partial charge < -0.3 is 15.4 Å². The Hall–Kier alpha value is -2.61. The molecule has 0 spiro atoms. The third-order valence-electron chi connectivity index (χ3n) is 3.95. The quantitative estimate of drug-likeness (QED) is 0.845. The Morgan fingerprint density at radius 2 is 2.00 bits per heavy atom. The summed E-state index contributed by atoms with van der Waals surface area (Å²) in [6, 6.07) is 10.1. The summed E-state index contributed by atoms with van der Waals surface area (Å²) in [6.07, 6.45) is 2.07. The second-order valence-electron chi connectivity index (χ2n) is 5.86. The molecule has 2 N–H and O–H groups in total. The van der Waals surface area contributed by atoms with E-state index < -0.39 is 9.84 Å². The summed E-state index contributed by atoms with van der Waals surface area (Å²) in [7, 11) is -1.39. The van der Waals surface area contributed by atoms with E-state index in [0.29, 0.717) is 29.2 Å². The number of nitrogens with zero attached hydrogens (tertiary/aromatic N) is 1. The van der Waals surface area contributed by atoms with E-state index in [4.69, 9.17) is 4.74 Å². The number of amides is 1. The van der Waals surface area contributed by atoms with Crippen LogP contribution >= 0.6 is 0 Å². The molecule has 1 aromatic carbocycles. The highest BCUT2D eigenvalue weighted by Crippen LogP contribution is 2.18. The Morgan fingerprint density at radius 1 is 1.24 bits per heavy atom. The van der Waals surface area contributed by atoms with Crippen molar-refractivity contribution in [3.05, 3.63) is 48.2 Å². The third-order valence-corrected chi connectivity index (χ3v) is 5.72. The molecule has 1 aliphatic rings. The van der Waals surface area contributed by atoms with Crippen molar-refractivity contribution in [1.82, 2.24) is 4.98 Å². The van der Waals surface area contributed by atoms with Gasteiger partial charge in [-0.1, -0.05) is 0 Å². The molecule has 1 aromatic heterocycles. The molecule has 7 nitrogen and oxygen atoms in total. The van der Waals surface area contributed by atoms with Crippen molar-refractivity contribution in [2.24, 2.45) is 0 Å². The van der Waals surface area contributed by atoms with E-state index in [2.05, 4.69) is 15.6 Å². The van der Waals surface area contributed by atoms with Crippen LogP contribution in [0, 0.1) is 0 Å². The number of methoxy groups -OCH3 is 1. The van der Waals surface area contributed by atoms with Gasteiger partial charge in [-0.05, 0) is 42.8 Å². The lowest BCUT2D eigenvalue weighted by Crippen LogP contribution is -2.21. The van der Waals surface area contributed by atoms with Crippen LogP contribution in [0.4, 0.5) is 11.5 Å². The van der Waals surface area contributed by atoms with Crippen LogP contribution in [0.15, 0.2) is 42.6 Å². The van der Waals surface area contributed by atoms with Crippen LogP contribution in [-0.2, 0) is 9.84 Å². The van der Waals surface area contributed by atoms with Crippen LogP contribution in [-0.4, -0.2) is 44.0 Å². The van der Waals surface area contributed by atoms with Crippen molar-refractivity contribution in [3.8, 4) is 5.75 Å². The van der Waals surface area contributed by atoms with Gasteiger partial charge in [0.25, 0.3) is 5.91 Å². The Labute approximate surface area is 146 Å². The highest BCUT2D eigenvalue weighted by Gasteiger charge is 2.28. The largest absolute Gasteiger partial charge is 0.497 e. The minimum Gasteiger partial charge on any atom is -0.497 e. The van der Waals surface area contributed by atoms with Gasteiger partial charge in [-0.2, -0.15) is 0 Å². The SMILES string of the molecule is COc1ccc(NC(=O)c2ccnc(NC3CCS(=O)(=O)C3)c2)cc1. The molecule has 1 aliphatic heterocycles. The average Bonchev–Trinajstić information content (AvgIpc) is 2.94. The summed E-state index contributed by atoms with van der Waals surface area (Å²) in [5, 5.41) is 5.88. The molecule has 1 saturated heterocycles. The van der Waals surface area contributed by atoms with Crippen LogP contribution in [0.25, 0.3) is 0 Å². The molecular formula is C17H19N3O4S. The fraction of sp³-hybridized carbons (Fsp3) is 0.294. The number of pyridine rings is 1. The topological polar surface area (TPSA) is 97.4 Å². The molecular weight excluding hydrogens is 342 g/mol. The standard InChI is InChI=1S/C17H19N3O4S/c1-24-15-4-2-13(3-5-15)20-17(21)12-6-8-18-16(10-12)19-14-7-9-25(22,23)11-14/h2-6,8,10,14H,7,9,11H2,1H3,(H,18,19)(H,20,21). The number of nitrogens with one attached hydrogen (secondary N) is 2. The van der Waals surface area contributed by atoms with E-state index in [9.17, 15) is 13.2 Å². The maximum atomic E-state index is 12.4. The number of ether oxygens (including phenoxy) is 1. The normalized spacial score (nSPS) is 18.5. The first kappa shape index (κ1) is 17.2. The number of rotatable bonds is 5. The fourth-order valence-electron chi connectivity index (χ4n) is 2.65. The van der Waals surface area contributed by atoms with E-state index in [1.54, 1.807) is 43.5 Å². The van der Waals surface area contributed by atoms with Gasteiger partial charge in [0, 0.05) is 23.5 Å². The first-order valence-electron chi connectivity index (χ1n) is 7.83. The number of carbonyl (C=O) groups is 1. The van der Waals surface area contributed by atoms with Gasteiger partial charge >= 0.3 is 0 Å². The molecule has 2 aromatic rings. The number of benzene rings is 1. The lowest BCUT2D eigenvalue weighted by Gasteiger charge is -2.12. The molecule has 2 heterocycles. The lowest BCUT2D eigenvalue weighted by atomic mass is 10.2. The minimum atomic E-state index is -2.97. The van der Waals surface area contributed by atoms with Crippen molar-refractivity contribution in [2.45, 2.75) is 12.5 Å². The Morgan fingerprint density at radius 3 is 2.64 bits per heavy atom. The number of anilines is 2. The summed E-state index contributed by atoms with van der Waals surface area (Å²) >= 11 is 0. The van der Waals surface area contributed by atoms with Crippen molar-refractivity contribution in [1.29, 1.82) is 0 Å². The molecule has 0 radical (unpaired) electrons. The zero-order chi connectivity index (χ0) is 17.9. The molecule has 3 rings (SSSR count). The molecule has 1 fully saturated rings. The second-order valence-corrected chi connectivity index (χ2v) is 8.09. The van der Waals surface area contributed by atoms with E-state index in [1.165, 1.54) is 6.20 Å². The third kappa shape index (κ3) is 4.48. The zero-order valence-corrected chi connectivity index (χ0v) is 14.5. The van der Waals surface area contributed by atoms with Crippen LogP contribution in [0.2, 0.25) is 0 Å². The van der Waals surface area contributed by atoms with Gasteiger partial charge in [-0.3, -0.25) is 4.79 Å². The molecule has 132 valence electrons. The molecule has 1 unspecified atom stereocenters. The molecule has 0 saturated carbocycles. The summed E-state index contributed by atoms with van der Waals surface area (Å²) in [6.45, 7) is 0. The first-order chi connectivity index (χ1) is 11.9. The number of sulfone groups is 1.